The van der Waals surface area contributed by atoms with E-state index in [0.29, 0.717) is 10.8 Å². The van der Waals surface area contributed by atoms with Gasteiger partial charge in [-0.1, -0.05) is 33.8 Å². The highest BCUT2D eigenvalue weighted by Crippen LogP contribution is 2.71. The number of aromatic nitrogens is 1. The third-order valence-corrected chi connectivity index (χ3v) is 14.3. The van der Waals surface area contributed by atoms with E-state index in [1.165, 1.54) is 31.4 Å². The van der Waals surface area contributed by atoms with E-state index in [0.717, 1.165) is 23.4 Å². The minimum absolute atomic E-state index is 0.119. The summed E-state index contributed by atoms with van der Waals surface area (Å²) in [6, 6.07) is 8.22. The van der Waals surface area contributed by atoms with Crippen LogP contribution in [-0.2, 0) is 0 Å². The Hall–Kier alpha value is -0.963. The molecule has 0 N–H and O–H groups in total. The van der Waals surface area contributed by atoms with Crippen LogP contribution in [0, 0.1) is 23.2 Å². The number of carbonyl (C=O) groups is 1. The number of nitrogens with zero attached hydrogens (tertiary/aromatic N) is 1. The van der Waals surface area contributed by atoms with Crippen molar-refractivity contribution in [2.24, 2.45) is 23.2 Å². The maximum Gasteiger partial charge on any atom is 0.158 e. The number of hydrogen-bond acceptors (Lipinski definition) is 2. The Kier molecular flexibility index (Phi) is 3.23. The SMILES string of the molecule is CC(C)(C)[Si]1(C(=O)c2ccccn2)C[C@@H]2[C@@H]3CC[C@@H](C3)[C@]2(C)C1. The van der Waals surface area contributed by atoms with Crippen molar-refractivity contribution >= 4 is 13.5 Å². The number of fused-ring (bicyclic) bond motifs is 5. The Morgan fingerprint density at radius 3 is 2.70 bits per heavy atom. The summed E-state index contributed by atoms with van der Waals surface area (Å²) in [6.07, 6.45) is 6.04. The van der Waals surface area contributed by atoms with Gasteiger partial charge in [0.05, 0.1) is 0 Å². The van der Waals surface area contributed by atoms with Crippen LogP contribution in [0.2, 0.25) is 17.1 Å². The standard InChI is InChI=1S/C20H29NOSi/c1-19(2,3)23(18(22)17-7-5-6-10-21-17)12-16-14-8-9-15(11-14)20(16,4)13-23/h5-7,10,14-16H,8-9,11-13H2,1-4H3/t14-,15+,16-,20+,23?/m1/s1. The predicted molar refractivity (Wildman–Crippen MR) is 96.1 cm³/mol. The summed E-state index contributed by atoms with van der Waals surface area (Å²) >= 11 is 0. The van der Waals surface area contributed by atoms with Gasteiger partial charge in [0.1, 0.15) is 13.8 Å². The molecule has 0 radical (unpaired) electrons. The van der Waals surface area contributed by atoms with Crippen LogP contribution >= 0.6 is 0 Å². The molecule has 3 aliphatic rings. The molecule has 2 saturated carbocycles. The lowest BCUT2D eigenvalue weighted by Crippen LogP contribution is -2.51. The number of pyridine rings is 1. The predicted octanol–water partition coefficient (Wildman–Crippen LogP) is 5.12. The first-order chi connectivity index (χ1) is 10.8. The van der Waals surface area contributed by atoms with E-state index in [2.05, 4.69) is 32.7 Å². The zero-order valence-electron chi connectivity index (χ0n) is 14.9. The van der Waals surface area contributed by atoms with E-state index in [1.54, 1.807) is 6.20 Å². The summed E-state index contributed by atoms with van der Waals surface area (Å²) in [4.78, 5) is 18.1. The fourth-order valence-electron chi connectivity index (χ4n) is 6.42. The molecule has 4 rings (SSSR count). The molecule has 124 valence electrons. The maximum absolute atomic E-state index is 13.6. The number of hydrogen-bond donors (Lipinski definition) is 0. The molecule has 2 bridgehead atoms. The average Bonchev–Trinajstić information content (AvgIpc) is 3.16. The minimum Gasteiger partial charge on any atom is -0.298 e. The van der Waals surface area contributed by atoms with Crippen molar-refractivity contribution in [3.8, 4) is 0 Å². The lowest BCUT2D eigenvalue weighted by Gasteiger charge is -2.41. The summed E-state index contributed by atoms with van der Waals surface area (Å²) in [5.74, 6) is 2.59. The van der Waals surface area contributed by atoms with E-state index < -0.39 is 8.07 Å². The summed E-state index contributed by atoms with van der Waals surface area (Å²) in [7, 11) is -2.09. The van der Waals surface area contributed by atoms with Gasteiger partial charge in [0.15, 0.2) is 5.41 Å². The van der Waals surface area contributed by atoms with Gasteiger partial charge in [-0.25, -0.2) is 0 Å². The molecule has 2 heterocycles. The fourth-order valence-corrected chi connectivity index (χ4v) is 12.8. The van der Waals surface area contributed by atoms with Crippen molar-refractivity contribution in [3.63, 3.8) is 0 Å². The van der Waals surface area contributed by atoms with E-state index in [4.69, 9.17) is 0 Å². The van der Waals surface area contributed by atoms with Crippen LogP contribution < -0.4 is 0 Å². The van der Waals surface area contributed by atoms with Crippen LogP contribution in [0.1, 0.15) is 57.4 Å². The van der Waals surface area contributed by atoms with E-state index in [-0.39, 0.29) is 5.04 Å². The normalized spacial score (nSPS) is 42.0. The largest absolute Gasteiger partial charge is 0.298 e. The van der Waals surface area contributed by atoms with Crippen molar-refractivity contribution in [2.45, 2.75) is 64.1 Å². The maximum atomic E-state index is 13.6. The molecule has 23 heavy (non-hydrogen) atoms. The van der Waals surface area contributed by atoms with Gasteiger partial charge < -0.3 is 0 Å². The lowest BCUT2D eigenvalue weighted by molar-refractivity contribution is 0.105. The van der Waals surface area contributed by atoms with Gasteiger partial charge >= 0.3 is 0 Å². The van der Waals surface area contributed by atoms with Crippen LogP contribution in [0.15, 0.2) is 24.4 Å². The van der Waals surface area contributed by atoms with Gasteiger partial charge in [-0.2, -0.15) is 0 Å². The molecular weight excluding hydrogens is 298 g/mol. The molecular formula is C20H29NOSi. The topological polar surface area (TPSA) is 30.0 Å². The fraction of sp³-hybridized carbons (Fsp3) is 0.700. The molecule has 0 aromatic carbocycles. The van der Waals surface area contributed by atoms with E-state index in [9.17, 15) is 4.79 Å². The Labute approximate surface area is 141 Å². The first-order valence-corrected chi connectivity index (χ1v) is 11.7. The molecule has 1 saturated heterocycles. The van der Waals surface area contributed by atoms with Crippen molar-refractivity contribution in [1.29, 1.82) is 0 Å². The smallest absolute Gasteiger partial charge is 0.158 e. The Balaban J connectivity index is 1.77. The van der Waals surface area contributed by atoms with Gasteiger partial charge in [0, 0.05) is 6.20 Å². The molecule has 3 fully saturated rings. The molecule has 0 spiro atoms. The molecule has 1 unspecified atom stereocenters. The van der Waals surface area contributed by atoms with Crippen LogP contribution in [0.5, 0.6) is 0 Å². The molecule has 5 atom stereocenters. The van der Waals surface area contributed by atoms with Gasteiger partial charge in [-0.15, -0.1) is 0 Å². The van der Waals surface area contributed by atoms with Gasteiger partial charge in [0.25, 0.3) is 0 Å². The average molecular weight is 328 g/mol. The highest BCUT2D eigenvalue weighted by molar-refractivity contribution is 7.10. The second-order valence-corrected chi connectivity index (χ2v) is 14.5. The Morgan fingerprint density at radius 1 is 1.30 bits per heavy atom. The van der Waals surface area contributed by atoms with Gasteiger partial charge in [-0.3, -0.25) is 9.78 Å². The zero-order valence-corrected chi connectivity index (χ0v) is 15.9. The molecule has 1 aromatic heterocycles. The van der Waals surface area contributed by atoms with Gasteiger partial charge in [0.2, 0.25) is 0 Å². The van der Waals surface area contributed by atoms with E-state index in [1.807, 2.05) is 18.2 Å². The molecule has 0 amide bonds. The second-order valence-electron chi connectivity index (χ2n) is 9.64. The van der Waals surface area contributed by atoms with Crippen LogP contribution in [0.3, 0.4) is 0 Å². The summed E-state index contributed by atoms with van der Waals surface area (Å²) < 4.78 is 0. The summed E-state index contributed by atoms with van der Waals surface area (Å²) in [6.45, 7) is 9.50. The number of rotatable bonds is 2. The van der Waals surface area contributed by atoms with Crippen LogP contribution in [-0.4, -0.2) is 18.5 Å². The van der Waals surface area contributed by atoms with E-state index >= 15 is 0 Å². The summed E-state index contributed by atoms with van der Waals surface area (Å²) in [5.41, 5.74) is 1.16. The monoisotopic (exact) mass is 327 g/mol. The van der Waals surface area contributed by atoms with Crippen LogP contribution in [0.25, 0.3) is 0 Å². The lowest BCUT2D eigenvalue weighted by atomic mass is 9.70. The summed E-state index contributed by atoms with van der Waals surface area (Å²) in [5, 5.41) is 0.551. The molecule has 1 aromatic rings. The second kappa shape index (κ2) is 4.78. The molecule has 3 heteroatoms. The zero-order chi connectivity index (χ0) is 16.5. The highest BCUT2D eigenvalue weighted by atomic mass is 28.3. The van der Waals surface area contributed by atoms with Crippen molar-refractivity contribution in [1.82, 2.24) is 4.98 Å². The Morgan fingerprint density at radius 2 is 2.09 bits per heavy atom. The quantitative estimate of drug-likeness (QED) is 0.706. The number of carbonyl (C=O) groups excluding carboxylic acids is 1. The van der Waals surface area contributed by atoms with Crippen molar-refractivity contribution < 1.29 is 4.79 Å². The molecule has 2 aliphatic carbocycles. The molecule has 1 aliphatic heterocycles. The first-order valence-electron chi connectivity index (χ1n) is 9.24. The third kappa shape index (κ3) is 1.98. The van der Waals surface area contributed by atoms with Crippen molar-refractivity contribution in [2.75, 3.05) is 0 Å². The third-order valence-electron chi connectivity index (χ3n) is 7.84. The van der Waals surface area contributed by atoms with Gasteiger partial charge in [-0.05, 0) is 71.7 Å². The van der Waals surface area contributed by atoms with Crippen molar-refractivity contribution in [3.05, 3.63) is 30.1 Å². The minimum atomic E-state index is -2.09. The first kappa shape index (κ1) is 15.6. The highest BCUT2D eigenvalue weighted by Gasteiger charge is 2.69. The molecule has 2 nitrogen and oxygen atoms in total. The van der Waals surface area contributed by atoms with Crippen LogP contribution in [0.4, 0.5) is 0 Å². The Bertz CT molecular complexity index is 637.